The van der Waals surface area contributed by atoms with Gasteiger partial charge in [-0.25, -0.2) is 0 Å². The third kappa shape index (κ3) is 5.26. The summed E-state index contributed by atoms with van der Waals surface area (Å²) < 4.78 is 5.13. The van der Waals surface area contributed by atoms with Gasteiger partial charge >= 0.3 is 5.97 Å². The Morgan fingerprint density at radius 2 is 2.04 bits per heavy atom. The predicted molar refractivity (Wildman–Crippen MR) is 84.3 cm³/mol. The summed E-state index contributed by atoms with van der Waals surface area (Å²) in [4.78, 5) is 34.3. The van der Waals surface area contributed by atoms with Crippen molar-refractivity contribution in [2.45, 2.75) is 25.8 Å². The number of furan rings is 1. The molecule has 0 spiro atoms. The Labute approximate surface area is 136 Å². The van der Waals surface area contributed by atoms with Gasteiger partial charge in [0.25, 0.3) is 5.91 Å². The lowest BCUT2D eigenvalue weighted by atomic mass is 10.2. The third-order valence-corrected chi connectivity index (χ3v) is 3.79. The van der Waals surface area contributed by atoms with Crippen molar-refractivity contribution in [3.8, 4) is 0 Å². The lowest BCUT2D eigenvalue weighted by Crippen LogP contribution is -2.23. The minimum atomic E-state index is -0.938. The number of carbonyl (C=O) groups excluding carboxylic acids is 2. The number of carboxylic acid groups (broad SMARTS) is 1. The van der Waals surface area contributed by atoms with E-state index in [-0.39, 0.29) is 37.6 Å². The van der Waals surface area contributed by atoms with Gasteiger partial charge in [0.15, 0.2) is 0 Å². The zero-order valence-corrected chi connectivity index (χ0v) is 13.0. The molecule has 0 fully saturated rings. The van der Waals surface area contributed by atoms with E-state index in [0.717, 1.165) is 0 Å². The molecule has 0 unspecified atom stereocenters. The van der Waals surface area contributed by atoms with Gasteiger partial charge in [0.05, 0.1) is 18.4 Å². The van der Waals surface area contributed by atoms with Gasteiger partial charge in [-0.3, -0.25) is 14.4 Å². The Kier molecular flexibility index (Phi) is 5.93. The molecule has 8 heteroatoms. The Balaban J connectivity index is 1.86. The van der Waals surface area contributed by atoms with Crippen LogP contribution in [0.4, 0.5) is 5.00 Å². The molecule has 2 heterocycles. The molecule has 3 N–H and O–H groups in total. The van der Waals surface area contributed by atoms with E-state index >= 15 is 0 Å². The topological polar surface area (TPSA) is 109 Å². The molecule has 0 radical (unpaired) electrons. The monoisotopic (exact) mass is 336 g/mol. The molecule has 7 nitrogen and oxygen atoms in total. The lowest BCUT2D eigenvalue weighted by Gasteiger charge is -2.06. The molecule has 0 saturated heterocycles. The zero-order chi connectivity index (χ0) is 16.7. The average Bonchev–Trinajstić information content (AvgIpc) is 3.15. The molecular weight excluding hydrogens is 320 g/mol. The molecule has 2 rings (SSSR count). The van der Waals surface area contributed by atoms with E-state index in [0.29, 0.717) is 16.3 Å². The lowest BCUT2D eigenvalue weighted by molar-refractivity contribution is -0.137. The number of amides is 2. The van der Waals surface area contributed by atoms with Crippen LogP contribution in [-0.2, 0) is 16.1 Å². The first kappa shape index (κ1) is 16.8. The molecule has 0 aliphatic heterocycles. The predicted octanol–water partition coefficient (Wildman–Crippen LogP) is 2.46. The number of hydrogen-bond donors (Lipinski definition) is 3. The number of rotatable bonds is 8. The smallest absolute Gasteiger partial charge is 0.303 e. The second kappa shape index (κ2) is 8.14. The van der Waals surface area contributed by atoms with Crippen molar-refractivity contribution in [2.24, 2.45) is 0 Å². The van der Waals surface area contributed by atoms with Crippen LogP contribution in [0.15, 0.2) is 34.3 Å². The average molecular weight is 336 g/mol. The quantitative estimate of drug-likeness (QED) is 0.686. The highest BCUT2D eigenvalue weighted by molar-refractivity contribution is 7.14. The van der Waals surface area contributed by atoms with Gasteiger partial charge in [0, 0.05) is 12.8 Å². The normalized spacial score (nSPS) is 10.3. The molecule has 0 bridgehead atoms. The SMILES string of the molecule is O=C(O)CCCC(=O)Nc1sccc1C(=O)NCc1ccco1. The summed E-state index contributed by atoms with van der Waals surface area (Å²) in [6.45, 7) is 0.258. The third-order valence-electron chi connectivity index (χ3n) is 2.96. The van der Waals surface area contributed by atoms with Crippen molar-refractivity contribution in [1.82, 2.24) is 5.32 Å². The Morgan fingerprint density at radius 1 is 1.22 bits per heavy atom. The fourth-order valence-electron chi connectivity index (χ4n) is 1.85. The number of carboxylic acids is 1. The zero-order valence-electron chi connectivity index (χ0n) is 12.2. The van der Waals surface area contributed by atoms with E-state index in [1.54, 1.807) is 23.6 Å². The summed E-state index contributed by atoms with van der Waals surface area (Å²) >= 11 is 1.24. The van der Waals surface area contributed by atoms with Gasteiger partial charge in [-0.15, -0.1) is 11.3 Å². The summed E-state index contributed by atoms with van der Waals surface area (Å²) in [5.41, 5.74) is 0.369. The molecule has 0 aromatic carbocycles. The van der Waals surface area contributed by atoms with Gasteiger partial charge in [-0.05, 0) is 30.0 Å². The molecule has 0 aliphatic carbocycles. The second-order valence-electron chi connectivity index (χ2n) is 4.72. The van der Waals surface area contributed by atoms with Gasteiger partial charge in [0.1, 0.15) is 10.8 Å². The largest absolute Gasteiger partial charge is 0.481 e. The highest BCUT2D eigenvalue weighted by Crippen LogP contribution is 2.23. The van der Waals surface area contributed by atoms with E-state index in [1.165, 1.54) is 17.6 Å². The first-order valence-corrected chi connectivity index (χ1v) is 7.84. The van der Waals surface area contributed by atoms with Crippen molar-refractivity contribution >= 4 is 34.1 Å². The summed E-state index contributed by atoms with van der Waals surface area (Å²) in [7, 11) is 0. The minimum absolute atomic E-state index is 0.0612. The first-order valence-electron chi connectivity index (χ1n) is 6.96. The molecule has 2 amide bonds. The number of hydrogen-bond acceptors (Lipinski definition) is 5. The number of aliphatic carboxylic acids is 1. The molecule has 0 atom stereocenters. The second-order valence-corrected chi connectivity index (χ2v) is 5.64. The van der Waals surface area contributed by atoms with Crippen LogP contribution in [0.1, 0.15) is 35.4 Å². The van der Waals surface area contributed by atoms with Crippen molar-refractivity contribution in [2.75, 3.05) is 5.32 Å². The molecule has 0 aliphatic rings. The molecule has 2 aromatic rings. The fraction of sp³-hybridized carbons (Fsp3) is 0.267. The van der Waals surface area contributed by atoms with Crippen LogP contribution < -0.4 is 10.6 Å². The summed E-state index contributed by atoms with van der Waals surface area (Å²) in [6, 6.07) is 5.10. The van der Waals surface area contributed by atoms with Gasteiger partial charge in [0.2, 0.25) is 5.91 Å². The number of carbonyl (C=O) groups is 3. The number of thiophene rings is 1. The Bertz CT molecular complexity index is 678. The Hall–Kier alpha value is -2.61. The highest BCUT2D eigenvalue weighted by Gasteiger charge is 2.15. The van der Waals surface area contributed by atoms with Crippen molar-refractivity contribution in [3.05, 3.63) is 41.2 Å². The standard InChI is InChI=1S/C15H16N2O5S/c18-12(4-1-5-13(19)20)17-15-11(6-8-23-15)14(21)16-9-10-3-2-7-22-10/h2-3,6-8H,1,4-5,9H2,(H,16,21)(H,17,18)(H,19,20). The van der Waals surface area contributed by atoms with Crippen LogP contribution in [-0.4, -0.2) is 22.9 Å². The highest BCUT2D eigenvalue weighted by atomic mass is 32.1. The maximum Gasteiger partial charge on any atom is 0.303 e. The van der Waals surface area contributed by atoms with Crippen LogP contribution in [0.5, 0.6) is 0 Å². The molecule has 0 saturated carbocycles. The van der Waals surface area contributed by atoms with E-state index in [1.807, 2.05) is 0 Å². The fourth-order valence-corrected chi connectivity index (χ4v) is 2.65. The number of anilines is 1. The summed E-state index contributed by atoms with van der Waals surface area (Å²) in [6.07, 6.45) is 1.81. The van der Waals surface area contributed by atoms with Crippen LogP contribution >= 0.6 is 11.3 Å². The van der Waals surface area contributed by atoms with Crippen LogP contribution in [0.2, 0.25) is 0 Å². The Morgan fingerprint density at radius 3 is 2.74 bits per heavy atom. The maximum atomic E-state index is 12.1. The van der Waals surface area contributed by atoms with Gasteiger partial charge < -0.3 is 20.2 Å². The summed E-state index contributed by atoms with van der Waals surface area (Å²) in [5, 5.41) is 16.0. The van der Waals surface area contributed by atoms with E-state index in [9.17, 15) is 14.4 Å². The van der Waals surface area contributed by atoms with Crippen LogP contribution in [0, 0.1) is 0 Å². The molecular formula is C15H16N2O5S. The maximum absolute atomic E-state index is 12.1. The summed E-state index contributed by atoms with van der Waals surface area (Å²) in [5.74, 6) is -0.933. The van der Waals surface area contributed by atoms with E-state index in [4.69, 9.17) is 9.52 Å². The van der Waals surface area contributed by atoms with Crippen molar-refractivity contribution in [3.63, 3.8) is 0 Å². The first-order chi connectivity index (χ1) is 11.1. The molecule has 122 valence electrons. The van der Waals surface area contributed by atoms with Crippen LogP contribution in [0.25, 0.3) is 0 Å². The van der Waals surface area contributed by atoms with Crippen LogP contribution in [0.3, 0.4) is 0 Å². The number of nitrogens with one attached hydrogen (secondary N) is 2. The molecule has 23 heavy (non-hydrogen) atoms. The van der Waals surface area contributed by atoms with Crippen molar-refractivity contribution < 1.29 is 23.9 Å². The van der Waals surface area contributed by atoms with E-state index < -0.39 is 5.97 Å². The minimum Gasteiger partial charge on any atom is -0.481 e. The van der Waals surface area contributed by atoms with Gasteiger partial charge in [-0.1, -0.05) is 0 Å². The van der Waals surface area contributed by atoms with Gasteiger partial charge in [-0.2, -0.15) is 0 Å². The van der Waals surface area contributed by atoms with Crippen molar-refractivity contribution in [1.29, 1.82) is 0 Å². The molecule has 2 aromatic heterocycles. The van der Waals surface area contributed by atoms with E-state index in [2.05, 4.69) is 10.6 Å².